The zero-order chi connectivity index (χ0) is 21.4. The van der Waals surface area contributed by atoms with Gasteiger partial charge < -0.3 is 25.6 Å². The standard InChI is InChI=1S/C20H26N8O2/c1-12-9-14(30-4)5-6-16(12)23-20(29)27-7-8-28(13(2)11-27)18-15-10-22-26(3)17(15)24-19(21)25-18/h5-6,9-10,13H,7-8,11H2,1-4H3,(H,23,29)(H2,21,24,25)/t13-/m0/s1. The number of carbonyl (C=O) groups is 1. The summed E-state index contributed by atoms with van der Waals surface area (Å²) in [6, 6.07) is 5.52. The van der Waals surface area contributed by atoms with E-state index in [9.17, 15) is 4.79 Å². The van der Waals surface area contributed by atoms with Crippen molar-refractivity contribution in [3.8, 4) is 5.75 Å². The van der Waals surface area contributed by atoms with E-state index in [1.165, 1.54) is 0 Å². The number of nitrogens with one attached hydrogen (secondary N) is 1. The molecule has 0 aliphatic carbocycles. The fourth-order valence-electron chi connectivity index (χ4n) is 3.80. The number of piperazine rings is 1. The summed E-state index contributed by atoms with van der Waals surface area (Å²) in [5.74, 6) is 1.73. The van der Waals surface area contributed by atoms with E-state index in [4.69, 9.17) is 10.5 Å². The maximum absolute atomic E-state index is 12.8. The highest BCUT2D eigenvalue weighted by atomic mass is 16.5. The fraction of sp³-hybridized carbons (Fsp3) is 0.400. The number of carbonyl (C=O) groups excluding carboxylic acids is 1. The number of benzene rings is 1. The lowest BCUT2D eigenvalue weighted by molar-refractivity contribution is 0.200. The highest BCUT2D eigenvalue weighted by Gasteiger charge is 2.29. The van der Waals surface area contributed by atoms with Gasteiger partial charge >= 0.3 is 6.03 Å². The Labute approximate surface area is 174 Å². The molecule has 1 fully saturated rings. The number of methoxy groups -OCH3 is 1. The zero-order valence-electron chi connectivity index (χ0n) is 17.6. The van der Waals surface area contributed by atoms with E-state index in [0.29, 0.717) is 25.3 Å². The Morgan fingerprint density at radius 1 is 1.30 bits per heavy atom. The predicted octanol–water partition coefficient (Wildman–Crippen LogP) is 2.01. The van der Waals surface area contributed by atoms with Gasteiger partial charge in [-0.25, -0.2) is 4.79 Å². The van der Waals surface area contributed by atoms with Gasteiger partial charge in [0, 0.05) is 38.4 Å². The lowest BCUT2D eigenvalue weighted by atomic mass is 10.1. The van der Waals surface area contributed by atoms with Gasteiger partial charge in [-0.3, -0.25) is 4.68 Å². The molecule has 158 valence electrons. The summed E-state index contributed by atoms with van der Waals surface area (Å²) in [5.41, 5.74) is 8.35. The SMILES string of the molecule is COc1ccc(NC(=O)N2CCN(c3nc(N)nc4c3cnn4C)[C@@H](C)C2)c(C)c1. The molecular weight excluding hydrogens is 384 g/mol. The predicted molar refractivity (Wildman–Crippen MR) is 116 cm³/mol. The maximum Gasteiger partial charge on any atom is 0.321 e. The summed E-state index contributed by atoms with van der Waals surface area (Å²) in [6.45, 7) is 5.77. The number of ether oxygens (including phenoxy) is 1. The van der Waals surface area contributed by atoms with E-state index < -0.39 is 0 Å². The molecule has 3 heterocycles. The van der Waals surface area contributed by atoms with Crippen LogP contribution in [0.1, 0.15) is 12.5 Å². The molecule has 10 nitrogen and oxygen atoms in total. The molecule has 1 aromatic carbocycles. The number of rotatable bonds is 3. The van der Waals surface area contributed by atoms with Gasteiger partial charge in [0.05, 0.1) is 18.7 Å². The number of aromatic nitrogens is 4. The molecule has 30 heavy (non-hydrogen) atoms. The maximum atomic E-state index is 12.8. The summed E-state index contributed by atoms with van der Waals surface area (Å²) < 4.78 is 6.91. The number of nitrogens with two attached hydrogens (primary N) is 1. The summed E-state index contributed by atoms with van der Waals surface area (Å²) in [7, 11) is 3.45. The highest BCUT2D eigenvalue weighted by molar-refractivity contribution is 5.91. The summed E-state index contributed by atoms with van der Waals surface area (Å²) in [4.78, 5) is 25.6. The molecule has 0 bridgehead atoms. The average Bonchev–Trinajstić information content (AvgIpc) is 3.09. The van der Waals surface area contributed by atoms with Gasteiger partial charge in [0.25, 0.3) is 0 Å². The van der Waals surface area contributed by atoms with Crippen LogP contribution in [0.15, 0.2) is 24.4 Å². The molecule has 1 atom stereocenters. The van der Waals surface area contributed by atoms with Crippen molar-refractivity contribution in [2.24, 2.45) is 7.05 Å². The lowest BCUT2D eigenvalue weighted by Gasteiger charge is -2.40. The summed E-state index contributed by atoms with van der Waals surface area (Å²) >= 11 is 0. The Morgan fingerprint density at radius 3 is 2.80 bits per heavy atom. The van der Waals surface area contributed by atoms with Crippen molar-refractivity contribution in [2.75, 3.05) is 42.7 Å². The van der Waals surface area contributed by atoms with Crippen LogP contribution < -0.4 is 20.7 Å². The van der Waals surface area contributed by atoms with Crippen LogP contribution in [0.2, 0.25) is 0 Å². The van der Waals surface area contributed by atoms with Gasteiger partial charge in [0.1, 0.15) is 11.6 Å². The Bertz CT molecular complexity index is 1100. The fourth-order valence-corrected chi connectivity index (χ4v) is 3.80. The lowest BCUT2D eigenvalue weighted by Crippen LogP contribution is -2.55. The number of hydrogen-bond acceptors (Lipinski definition) is 7. The van der Waals surface area contributed by atoms with Gasteiger partial charge in [-0.2, -0.15) is 15.1 Å². The second kappa shape index (κ2) is 7.69. The normalized spacial score (nSPS) is 16.7. The third-order valence-electron chi connectivity index (χ3n) is 5.45. The molecule has 1 saturated heterocycles. The van der Waals surface area contributed by atoms with Crippen molar-refractivity contribution in [3.05, 3.63) is 30.0 Å². The molecule has 0 spiro atoms. The van der Waals surface area contributed by atoms with Gasteiger partial charge in [-0.05, 0) is 37.6 Å². The first-order valence-corrected chi connectivity index (χ1v) is 9.80. The third kappa shape index (κ3) is 3.56. The molecule has 1 aliphatic heterocycles. The van der Waals surface area contributed by atoms with Gasteiger partial charge in [-0.15, -0.1) is 0 Å². The zero-order valence-corrected chi connectivity index (χ0v) is 17.6. The Kier molecular flexibility index (Phi) is 5.06. The highest BCUT2D eigenvalue weighted by Crippen LogP contribution is 2.28. The smallest absolute Gasteiger partial charge is 0.321 e. The van der Waals surface area contributed by atoms with Crippen LogP contribution in [-0.4, -0.2) is 63.5 Å². The van der Waals surface area contributed by atoms with E-state index in [1.807, 2.05) is 37.1 Å². The number of urea groups is 1. The minimum absolute atomic E-state index is 0.0548. The molecule has 1 aliphatic rings. The van der Waals surface area contributed by atoms with Crippen molar-refractivity contribution in [3.63, 3.8) is 0 Å². The molecule has 2 aromatic heterocycles. The average molecular weight is 410 g/mol. The molecule has 10 heteroatoms. The summed E-state index contributed by atoms with van der Waals surface area (Å²) in [6.07, 6.45) is 1.75. The third-order valence-corrected chi connectivity index (χ3v) is 5.45. The first kappa shape index (κ1) is 19.7. The largest absolute Gasteiger partial charge is 0.497 e. The second-order valence-electron chi connectivity index (χ2n) is 7.51. The molecular formula is C20H26N8O2. The number of amides is 2. The van der Waals surface area contributed by atoms with Crippen molar-refractivity contribution in [1.29, 1.82) is 0 Å². The second-order valence-corrected chi connectivity index (χ2v) is 7.51. The van der Waals surface area contributed by atoms with Crippen molar-refractivity contribution >= 4 is 34.5 Å². The Balaban J connectivity index is 1.49. The van der Waals surface area contributed by atoms with E-state index in [-0.39, 0.29) is 18.0 Å². The molecule has 0 radical (unpaired) electrons. The Morgan fingerprint density at radius 2 is 2.10 bits per heavy atom. The van der Waals surface area contributed by atoms with E-state index >= 15 is 0 Å². The number of aryl methyl sites for hydroxylation is 2. The molecule has 3 N–H and O–H groups in total. The number of nitrogen functional groups attached to an aromatic ring is 1. The first-order chi connectivity index (χ1) is 14.4. The molecule has 2 amide bonds. The van der Waals surface area contributed by atoms with E-state index in [0.717, 1.165) is 28.2 Å². The first-order valence-electron chi connectivity index (χ1n) is 9.80. The van der Waals surface area contributed by atoms with Crippen LogP contribution in [0.3, 0.4) is 0 Å². The van der Waals surface area contributed by atoms with Crippen LogP contribution in [-0.2, 0) is 7.05 Å². The van der Waals surface area contributed by atoms with Crippen LogP contribution in [0, 0.1) is 6.92 Å². The van der Waals surface area contributed by atoms with Crippen molar-refractivity contribution in [1.82, 2.24) is 24.6 Å². The molecule has 3 aromatic rings. The molecule has 4 rings (SSSR count). The summed E-state index contributed by atoms with van der Waals surface area (Å²) in [5, 5.41) is 8.13. The molecule has 0 unspecified atom stereocenters. The van der Waals surface area contributed by atoms with Crippen LogP contribution in [0.25, 0.3) is 11.0 Å². The van der Waals surface area contributed by atoms with Gasteiger partial charge in [0.2, 0.25) is 5.95 Å². The van der Waals surface area contributed by atoms with Crippen LogP contribution in [0.4, 0.5) is 22.2 Å². The number of nitrogens with zero attached hydrogens (tertiary/aromatic N) is 6. The monoisotopic (exact) mass is 410 g/mol. The number of hydrogen-bond donors (Lipinski definition) is 2. The minimum Gasteiger partial charge on any atom is -0.497 e. The van der Waals surface area contributed by atoms with Gasteiger partial charge in [0.15, 0.2) is 5.65 Å². The topological polar surface area (TPSA) is 114 Å². The van der Waals surface area contributed by atoms with Crippen molar-refractivity contribution in [2.45, 2.75) is 19.9 Å². The van der Waals surface area contributed by atoms with Crippen molar-refractivity contribution < 1.29 is 9.53 Å². The number of anilines is 3. The van der Waals surface area contributed by atoms with Gasteiger partial charge in [-0.1, -0.05) is 0 Å². The molecule has 0 saturated carbocycles. The minimum atomic E-state index is -0.122. The Hall–Kier alpha value is -3.56. The van der Waals surface area contributed by atoms with E-state index in [2.05, 4.69) is 32.2 Å². The van der Waals surface area contributed by atoms with Crippen LogP contribution in [0.5, 0.6) is 5.75 Å². The van der Waals surface area contributed by atoms with Crippen LogP contribution >= 0.6 is 0 Å². The quantitative estimate of drug-likeness (QED) is 0.679. The van der Waals surface area contributed by atoms with E-state index in [1.54, 1.807) is 18.0 Å². The number of fused-ring (bicyclic) bond motifs is 1.